The SMILES string of the molecule is C1=Cc2ccc(N(c3ccccc3)c3cc4c(oc5cccc(-c6ccc7ccccc7c6)c54)c4ccccc34)cc2C1. The fraction of sp³-hybridized carbons (Fsp3) is 0.0244. The minimum absolute atomic E-state index is 0.901. The number of fused-ring (bicyclic) bond motifs is 7. The number of nitrogens with zero attached hydrogens (tertiary/aromatic N) is 1. The molecule has 202 valence electrons. The molecule has 0 atom stereocenters. The second-order valence-corrected chi connectivity index (χ2v) is 11.3. The Morgan fingerprint density at radius 3 is 2.28 bits per heavy atom. The molecule has 1 aliphatic carbocycles. The minimum atomic E-state index is 0.901. The zero-order valence-electron chi connectivity index (χ0n) is 23.5. The Morgan fingerprint density at radius 1 is 0.558 bits per heavy atom. The summed E-state index contributed by atoms with van der Waals surface area (Å²) in [6.07, 6.45) is 5.43. The van der Waals surface area contributed by atoms with Gasteiger partial charge < -0.3 is 9.32 Å². The summed E-state index contributed by atoms with van der Waals surface area (Å²) in [4.78, 5) is 2.40. The highest BCUT2D eigenvalue weighted by Crippen LogP contribution is 2.46. The van der Waals surface area contributed by atoms with E-state index in [1.54, 1.807) is 0 Å². The van der Waals surface area contributed by atoms with Crippen molar-refractivity contribution in [3.8, 4) is 11.1 Å². The summed E-state index contributed by atoms with van der Waals surface area (Å²) < 4.78 is 6.70. The summed E-state index contributed by atoms with van der Waals surface area (Å²) in [6.45, 7) is 0. The molecule has 1 aliphatic rings. The van der Waals surface area contributed by atoms with Gasteiger partial charge in [0.25, 0.3) is 0 Å². The summed E-state index contributed by atoms with van der Waals surface area (Å²) in [7, 11) is 0. The Bertz CT molecular complexity index is 2380. The van der Waals surface area contributed by atoms with E-state index in [2.05, 4.69) is 157 Å². The fourth-order valence-electron chi connectivity index (χ4n) is 6.80. The fourth-order valence-corrected chi connectivity index (χ4v) is 6.80. The molecule has 0 spiro atoms. The minimum Gasteiger partial charge on any atom is -0.455 e. The van der Waals surface area contributed by atoms with Gasteiger partial charge in [-0.1, -0.05) is 109 Å². The molecule has 0 unspecified atom stereocenters. The van der Waals surface area contributed by atoms with Gasteiger partial charge in [0.05, 0.1) is 5.69 Å². The number of hydrogen-bond donors (Lipinski definition) is 0. The van der Waals surface area contributed by atoms with Crippen LogP contribution in [0.3, 0.4) is 0 Å². The van der Waals surface area contributed by atoms with Crippen molar-refractivity contribution in [1.29, 1.82) is 0 Å². The first-order valence-corrected chi connectivity index (χ1v) is 14.8. The molecular weight excluding hydrogens is 522 g/mol. The Kier molecular flexibility index (Phi) is 5.30. The quantitative estimate of drug-likeness (QED) is 0.217. The number of allylic oxidation sites excluding steroid dienone is 1. The lowest BCUT2D eigenvalue weighted by Crippen LogP contribution is -2.11. The number of anilines is 3. The molecule has 2 nitrogen and oxygen atoms in total. The second kappa shape index (κ2) is 9.47. The molecule has 0 saturated carbocycles. The van der Waals surface area contributed by atoms with Gasteiger partial charge in [0.1, 0.15) is 11.2 Å². The van der Waals surface area contributed by atoms with Gasteiger partial charge in [-0.2, -0.15) is 0 Å². The predicted octanol–water partition coefficient (Wildman–Crippen LogP) is 11.6. The first kappa shape index (κ1) is 24.0. The van der Waals surface area contributed by atoms with Crippen molar-refractivity contribution in [2.75, 3.05) is 4.90 Å². The molecule has 43 heavy (non-hydrogen) atoms. The number of benzene rings is 7. The largest absolute Gasteiger partial charge is 0.455 e. The highest BCUT2D eigenvalue weighted by atomic mass is 16.3. The van der Waals surface area contributed by atoms with Gasteiger partial charge in [0.15, 0.2) is 0 Å². The number of hydrogen-bond acceptors (Lipinski definition) is 2. The molecule has 0 bridgehead atoms. The van der Waals surface area contributed by atoms with Crippen molar-refractivity contribution in [2.24, 2.45) is 0 Å². The lowest BCUT2D eigenvalue weighted by atomic mass is 9.95. The zero-order valence-corrected chi connectivity index (χ0v) is 23.5. The van der Waals surface area contributed by atoms with Gasteiger partial charge in [-0.3, -0.25) is 0 Å². The lowest BCUT2D eigenvalue weighted by Gasteiger charge is -2.27. The van der Waals surface area contributed by atoms with Crippen LogP contribution in [0.25, 0.3) is 60.7 Å². The molecular formula is C41H27NO. The summed E-state index contributed by atoms with van der Waals surface area (Å²) in [5.74, 6) is 0. The summed E-state index contributed by atoms with van der Waals surface area (Å²) >= 11 is 0. The van der Waals surface area contributed by atoms with E-state index in [1.807, 2.05) is 0 Å². The van der Waals surface area contributed by atoms with Gasteiger partial charge in [0, 0.05) is 32.9 Å². The van der Waals surface area contributed by atoms with Crippen LogP contribution in [0.1, 0.15) is 11.1 Å². The van der Waals surface area contributed by atoms with E-state index in [9.17, 15) is 0 Å². The first-order valence-electron chi connectivity index (χ1n) is 14.8. The molecule has 1 aromatic heterocycles. The van der Waals surface area contributed by atoms with E-state index in [1.165, 1.54) is 33.0 Å². The van der Waals surface area contributed by atoms with E-state index < -0.39 is 0 Å². The second-order valence-electron chi connectivity index (χ2n) is 11.3. The monoisotopic (exact) mass is 549 g/mol. The van der Waals surface area contributed by atoms with Gasteiger partial charge in [-0.25, -0.2) is 0 Å². The predicted molar refractivity (Wildman–Crippen MR) is 182 cm³/mol. The third-order valence-electron chi connectivity index (χ3n) is 8.82. The number of para-hydroxylation sites is 1. The normalized spacial score (nSPS) is 12.5. The van der Waals surface area contributed by atoms with Crippen LogP contribution in [0, 0.1) is 0 Å². The van der Waals surface area contributed by atoms with Crippen LogP contribution in [-0.2, 0) is 6.42 Å². The number of furan rings is 1. The number of rotatable bonds is 4. The first-order chi connectivity index (χ1) is 21.3. The maximum absolute atomic E-state index is 6.70. The Labute approximate surface area is 249 Å². The molecule has 9 rings (SSSR count). The molecule has 2 heteroatoms. The standard InChI is InChI=1S/C41H27NO/c1-2-14-32(15-3-1)42(33-23-22-28-12-8-13-30(28)25-33)38-26-37-40-34(31-21-20-27-10-4-5-11-29(27)24-31)18-9-19-39(40)43-41(37)36-17-7-6-16-35(36)38/h1-12,14-26H,13H2. The molecule has 0 radical (unpaired) electrons. The van der Waals surface area contributed by atoms with E-state index in [4.69, 9.17) is 4.42 Å². The average molecular weight is 550 g/mol. The van der Waals surface area contributed by atoms with Crippen LogP contribution in [0.5, 0.6) is 0 Å². The summed E-state index contributed by atoms with van der Waals surface area (Å²) in [5.41, 5.74) is 10.3. The van der Waals surface area contributed by atoms with Crippen LogP contribution < -0.4 is 4.90 Å². The van der Waals surface area contributed by atoms with Crippen LogP contribution in [0.15, 0.2) is 150 Å². The molecule has 1 heterocycles. The van der Waals surface area contributed by atoms with E-state index >= 15 is 0 Å². The third-order valence-corrected chi connectivity index (χ3v) is 8.82. The highest BCUT2D eigenvalue weighted by molar-refractivity contribution is 6.22. The van der Waals surface area contributed by atoms with E-state index in [-0.39, 0.29) is 0 Å². The van der Waals surface area contributed by atoms with Gasteiger partial charge in [-0.15, -0.1) is 0 Å². The average Bonchev–Trinajstić information content (AvgIpc) is 3.70. The van der Waals surface area contributed by atoms with E-state index in [0.717, 1.165) is 56.2 Å². The summed E-state index contributed by atoms with van der Waals surface area (Å²) in [6, 6.07) is 50.2. The molecule has 7 aromatic carbocycles. The van der Waals surface area contributed by atoms with Crippen molar-refractivity contribution in [3.05, 3.63) is 157 Å². The van der Waals surface area contributed by atoms with Crippen molar-refractivity contribution < 1.29 is 4.42 Å². The lowest BCUT2D eigenvalue weighted by molar-refractivity contribution is 0.673. The van der Waals surface area contributed by atoms with Crippen molar-refractivity contribution in [2.45, 2.75) is 6.42 Å². The van der Waals surface area contributed by atoms with Gasteiger partial charge in [-0.05, 0) is 81.9 Å². The van der Waals surface area contributed by atoms with Crippen molar-refractivity contribution >= 4 is 66.6 Å². The van der Waals surface area contributed by atoms with Crippen molar-refractivity contribution in [3.63, 3.8) is 0 Å². The highest BCUT2D eigenvalue weighted by Gasteiger charge is 2.22. The van der Waals surface area contributed by atoms with Crippen LogP contribution in [0.2, 0.25) is 0 Å². The van der Waals surface area contributed by atoms with Crippen LogP contribution >= 0.6 is 0 Å². The van der Waals surface area contributed by atoms with Crippen LogP contribution in [0.4, 0.5) is 17.1 Å². The molecule has 8 aromatic rings. The van der Waals surface area contributed by atoms with E-state index in [0.29, 0.717) is 0 Å². The molecule has 0 aliphatic heterocycles. The van der Waals surface area contributed by atoms with Crippen LogP contribution in [-0.4, -0.2) is 0 Å². The summed E-state index contributed by atoms with van der Waals surface area (Å²) in [5, 5.41) is 7.01. The molecule has 0 fully saturated rings. The topological polar surface area (TPSA) is 16.4 Å². The Balaban J connectivity index is 1.36. The third kappa shape index (κ3) is 3.80. The maximum Gasteiger partial charge on any atom is 0.143 e. The Morgan fingerprint density at radius 2 is 1.37 bits per heavy atom. The molecule has 0 saturated heterocycles. The maximum atomic E-state index is 6.70. The molecule has 0 N–H and O–H groups in total. The molecule has 0 amide bonds. The van der Waals surface area contributed by atoms with Crippen molar-refractivity contribution in [1.82, 2.24) is 0 Å². The van der Waals surface area contributed by atoms with Gasteiger partial charge >= 0.3 is 0 Å². The smallest absolute Gasteiger partial charge is 0.143 e. The Hall–Kier alpha value is -5.60. The zero-order chi connectivity index (χ0) is 28.3. The van der Waals surface area contributed by atoms with Gasteiger partial charge in [0.2, 0.25) is 0 Å².